The standard InChI is InChI=1S/C23H31F2N3O2/c1-16(2)13-27-14-22(23(15-27)6-7-26(3)21(23)30)4-8-28(9-5-22)20(29)17-10-18(24)12-19(25)11-17/h10-12,16H,4-9,13-15H2,1-3H3/t23-/m0/s1. The molecule has 3 fully saturated rings. The van der Waals surface area contributed by atoms with Gasteiger partial charge in [-0.3, -0.25) is 9.59 Å². The number of rotatable bonds is 3. The average molecular weight is 420 g/mol. The van der Waals surface area contributed by atoms with Gasteiger partial charge in [-0.2, -0.15) is 0 Å². The van der Waals surface area contributed by atoms with Crippen molar-refractivity contribution in [3.8, 4) is 0 Å². The number of amides is 2. The van der Waals surface area contributed by atoms with E-state index in [1.165, 1.54) is 0 Å². The van der Waals surface area contributed by atoms with Crippen LogP contribution in [0.15, 0.2) is 18.2 Å². The van der Waals surface area contributed by atoms with Crippen LogP contribution in [0.1, 0.15) is 43.5 Å². The Morgan fingerprint density at radius 3 is 2.20 bits per heavy atom. The van der Waals surface area contributed by atoms with Gasteiger partial charge in [-0.25, -0.2) is 8.78 Å². The highest BCUT2D eigenvalue weighted by atomic mass is 19.1. The number of piperidine rings is 1. The number of halogens is 2. The number of likely N-dealkylation sites (tertiary alicyclic amines) is 3. The van der Waals surface area contributed by atoms with E-state index in [2.05, 4.69) is 18.7 Å². The molecule has 1 aromatic rings. The van der Waals surface area contributed by atoms with E-state index in [0.29, 0.717) is 19.0 Å². The molecule has 7 heteroatoms. The number of fused-ring (bicyclic) bond motifs is 1. The molecule has 1 atom stereocenters. The van der Waals surface area contributed by atoms with E-state index in [4.69, 9.17) is 0 Å². The number of benzene rings is 1. The molecular weight excluding hydrogens is 388 g/mol. The van der Waals surface area contributed by atoms with Crippen LogP contribution in [-0.4, -0.2) is 72.8 Å². The van der Waals surface area contributed by atoms with Crippen LogP contribution in [0.25, 0.3) is 0 Å². The maximum atomic E-state index is 13.6. The molecular formula is C23H31F2N3O2. The van der Waals surface area contributed by atoms with Crippen LogP contribution in [0.5, 0.6) is 0 Å². The largest absolute Gasteiger partial charge is 0.345 e. The summed E-state index contributed by atoms with van der Waals surface area (Å²) in [5, 5.41) is 0. The third-order valence-corrected chi connectivity index (χ3v) is 7.41. The molecule has 4 rings (SSSR count). The Labute approximate surface area is 177 Å². The molecule has 3 aliphatic rings. The van der Waals surface area contributed by atoms with E-state index < -0.39 is 11.6 Å². The predicted octanol–water partition coefficient (Wildman–Crippen LogP) is 3.01. The molecule has 1 aromatic carbocycles. The molecule has 0 unspecified atom stereocenters. The summed E-state index contributed by atoms with van der Waals surface area (Å²) >= 11 is 0. The van der Waals surface area contributed by atoms with Crippen LogP contribution in [-0.2, 0) is 4.79 Å². The Balaban J connectivity index is 1.55. The van der Waals surface area contributed by atoms with Gasteiger partial charge in [0.05, 0.1) is 5.41 Å². The Morgan fingerprint density at radius 2 is 1.67 bits per heavy atom. The van der Waals surface area contributed by atoms with Gasteiger partial charge in [-0.1, -0.05) is 13.8 Å². The van der Waals surface area contributed by atoms with Gasteiger partial charge in [0.1, 0.15) is 11.6 Å². The van der Waals surface area contributed by atoms with Crippen molar-refractivity contribution in [2.75, 3.05) is 46.3 Å². The average Bonchev–Trinajstić information content (AvgIpc) is 3.12. The lowest BCUT2D eigenvalue weighted by molar-refractivity contribution is -0.141. The molecule has 5 nitrogen and oxygen atoms in total. The van der Waals surface area contributed by atoms with Crippen LogP contribution in [0.2, 0.25) is 0 Å². The first-order chi connectivity index (χ1) is 14.2. The second-order valence-corrected chi connectivity index (χ2v) is 9.85. The van der Waals surface area contributed by atoms with E-state index in [0.717, 1.165) is 63.6 Å². The van der Waals surface area contributed by atoms with Crippen molar-refractivity contribution in [2.45, 2.75) is 33.1 Å². The molecule has 3 heterocycles. The molecule has 3 saturated heterocycles. The highest BCUT2D eigenvalue weighted by molar-refractivity contribution is 5.94. The molecule has 2 amide bonds. The van der Waals surface area contributed by atoms with E-state index in [-0.39, 0.29) is 28.2 Å². The maximum Gasteiger partial charge on any atom is 0.254 e. The SMILES string of the molecule is CC(C)CN1CC2(CCN(C(=O)c3cc(F)cc(F)c3)CC2)[C@@]2(CCN(C)C2=O)C1. The Morgan fingerprint density at radius 1 is 1.03 bits per heavy atom. The minimum absolute atomic E-state index is 0.0442. The summed E-state index contributed by atoms with van der Waals surface area (Å²) in [6, 6.07) is 2.95. The van der Waals surface area contributed by atoms with Crippen LogP contribution in [0, 0.1) is 28.4 Å². The summed E-state index contributed by atoms with van der Waals surface area (Å²) in [5.41, 5.74) is -0.479. The Hall–Kier alpha value is -2.02. The van der Waals surface area contributed by atoms with Gasteiger partial charge in [-0.05, 0) is 37.3 Å². The van der Waals surface area contributed by atoms with Gasteiger partial charge in [0.25, 0.3) is 5.91 Å². The van der Waals surface area contributed by atoms with Crippen LogP contribution >= 0.6 is 0 Å². The molecule has 3 aliphatic heterocycles. The number of hydrogen-bond acceptors (Lipinski definition) is 3. The second-order valence-electron chi connectivity index (χ2n) is 9.85. The van der Waals surface area contributed by atoms with Crippen molar-refractivity contribution in [1.82, 2.24) is 14.7 Å². The fraction of sp³-hybridized carbons (Fsp3) is 0.652. The van der Waals surface area contributed by atoms with Crippen molar-refractivity contribution in [3.05, 3.63) is 35.4 Å². The van der Waals surface area contributed by atoms with E-state index in [1.54, 1.807) is 4.90 Å². The zero-order chi connectivity index (χ0) is 21.7. The Bertz CT molecular complexity index is 831. The van der Waals surface area contributed by atoms with Gasteiger partial charge in [-0.15, -0.1) is 0 Å². The minimum Gasteiger partial charge on any atom is -0.345 e. The van der Waals surface area contributed by atoms with E-state index >= 15 is 0 Å². The van der Waals surface area contributed by atoms with Crippen LogP contribution < -0.4 is 0 Å². The molecule has 0 aliphatic carbocycles. The lowest BCUT2D eigenvalue weighted by atomic mass is 9.60. The summed E-state index contributed by atoms with van der Waals surface area (Å²) in [4.78, 5) is 32.1. The first-order valence-electron chi connectivity index (χ1n) is 10.9. The summed E-state index contributed by atoms with van der Waals surface area (Å²) in [5.74, 6) is -1.07. The quantitative estimate of drug-likeness (QED) is 0.757. The van der Waals surface area contributed by atoms with Crippen molar-refractivity contribution < 1.29 is 18.4 Å². The molecule has 0 saturated carbocycles. The lowest BCUT2D eigenvalue weighted by Gasteiger charge is -2.47. The maximum absolute atomic E-state index is 13.6. The van der Waals surface area contributed by atoms with Crippen LogP contribution in [0.4, 0.5) is 8.78 Å². The zero-order valence-corrected chi connectivity index (χ0v) is 18.1. The topological polar surface area (TPSA) is 43.9 Å². The van der Waals surface area contributed by atoms with Crippen molar-refractivity contribution in [3.63, 3.8) is 0 Å². The van der Waals surface area contributed by atoms with Crippen molar-refractivity contribution >= 4 is 11.8 Å². The van der Waals surface area contributed by atoms with Crippen LogP contribution in [0.3, 0.4) is 0 Å². The first-order valence-corrected chi connectivity index (χ1v) is 10.9. The van der Waals surface area contributed by atoms with Gasteiger partial charge in [0, 0.05) is 63.4 Å². The molecule has 164 valence electrons. The normalized spacial score (nSPS) is 26.5. The summed E-state index contributed by atoms with van der Waals surface area (Å²) < 4.78 is 27.1. The summed E-state index contributed by atoms with van der Waals surface area (Å²) in [6.45, 7) is 8.81. The third kappa shape index (κ3) is 3.41. The Kier molecular flexibility index (Phi) is 5.37. The summed E-state index contributed by atoms with van der Waals surface area (Å²) in [6.07, 6.45) is 2.34. The fourth-order valence-electron chi connectivity index (χ4n) is 6.04. The third-order valence-electron chi connectivity index (χ3n) is 7.41. The second kappa shape index (κ2) is 7.59. The minimum atomic E-state index is -0.745. The predicted molar refractivity (Wildman–Crippen MR) is 110 cm³/mol. The number of nitrogens with zero attached hydrogens (tertiary/aromatic N) is 3. The smallest absolute Gasteiger partial charge is 0.254 e. The summed E-state index contributed by atoms with van der Waals surface area (Å²) in [7, 11) is 1.88. The van der Waals surface area contributed by atoms with E-state index in [1.807, 2.05) is 11.9 Å². The molecule has 0 aromatic heterocycles. The van der Waals surface area contributed by atoms with Gasteiger partial charge in [0.2, 0.25) is 5.91 Å². The van der Waals surface area contributed by atoms with Gasteiger partial charge in [0.15, 0.2) is 0 Å². The van der Waals surface area contributed by atoms with Crippen molar-refractivity contribution in [2.24, 2.45) is 16.7 Å². The lowest BCUT2D eigenvalue weighted by Crippen LogP contribution is -2.53. The highest BCUT2D eigenvalue weighted by Crippen LogP contribution is 2.57. The van der Waals surface area contributed by atoms with Crippen molar-refractivity contribution in [1.29, 1.82) is 0 Å². The zero-order valence-electron chi connectivity index (χ0n) is 18.1. The van der Waals surface area contributed by atoms with E-state index in [9.17, 15) is 18.4 Å². The number of carbonyl (C=O) groups excluding carboxylic acids is 2. The van der Waals surface area contributed by atoms with Gasteiger partial charge >= 0.3 is 0 Å². The molecule has 0 N–H and O–H groups in total. The number of carbonyl (C=O) groups is 2. The van der Waals surface area contributed by atoms with Gasteiger partial charge < -0.3 is 14.7 Å². The highest BCUT2D eigenvalue weighted by Gasteiger charge is 2.64. The molecule has 0 radical (unpaired) electrons. The molecule has 0 bridgehead atoms. The molecule has 30 heavy (non-hydrogen) atoms. The first kappa shape index (κ1) is 21.2. The monoisotopic (exact) mass is 419 g/mol. The number of hydrogen-bond donors (Lipinski definition) is 0. The molecule has 2 spiro atoms. The fourth-order valence-corrected chi connectivity index (χ4v) is 6.04.